The van der Waals surface area contributed by atoms with Gasteiger partial charge in [-0.05, 0) is 6.92 Å². The third-order valence-corrected chi connectivity index (χ3v) is 2.46. The number of ether oxygens (including phenoxy) is 3. The quantitative estimate of drug-likeness (QED) is 0.499. The zero-order valence-corrected chi connectivity index (χ0v) is 9.38. The van der Waals surface area contributed by atoms with Gasteiger partial charge in [0.15, 0.2) is 0 Å². The number of carbonyl (C=O) groups excluding carboxylic acids is 1. The Bertz CT molecular complexity index is 202. The van der Waals surface area contributed by atoms with Crippen LogP contribution in [0.5, 0.6) is 0 Å². The standard InChI is InChI=1S/C10H19NO4/c1-3-15-9(12)10(4-6-14-8-10)11-5-7-13-2/h11H,3-8H2,1-2H3. The molecule has 5 nitrogen and oxygen atoms in total. The van der Waals surface area contributed by atoms with E-state index in [1.807, 2.05) is 0 Å². The predicted molar refractivity (Wildman–Crippen MR) is 54.7 cm³/mol. The largest absolute Gasteiger partial charge is 0.465 e. The van der Waals surface area contributed by atoms with Gasteiger partial charge in [-0.2, -0.15) is 0 Å². The zero-order valence-electron chi connectivity index (χ0n) is 9.38. The molecule has 1 saturated heterocycles. The summed E-state index contributed by atoms with van der Waals surface area (Å²) in [4.78, 5) is 11.8. The minimum absolute atomic E-state index is 0.224. The number of hydrogen-bond donors (Lipinski definition) is 1. The number of methoxy groups -OCH3 is 1. The molecular formula is C10H19NO4. The van der Waals surface area contributed by atoms with Gasteiger partial charge in [-0.1, -0.05) is 0 Å². The molecule has 0 saturated carbocycles. The Kier molecular flexibility index (Phi) is 5.01. The molecule has 5 heteroatoms. The molecule has 0 aliphatic carbocycles. The number of esters is 1. The fraction of sp³-hybridized carbons (Fsp3) is 0.900. The summed E-state index contributed by atoms with van der Waals surface area (Å²) in [6, 6.07) is 0. The lowest BCUT2D eigenvalue weighted by atomic mass is 9.99. The second-order valence-electron chi connectivity index (χ2n) is 3.52. The van der Waals surface area contributed by atoms with Gasteiger partial charge in [0.05, 0.1) is 19.8 Å². The van der Waals surface area contributed by atoms with Crippen molar-refractivity contribution in [1.82, 2.24) is 5.32 Å². The highest BCUT2D eigenvalue weighted by atomic mass is 16.5. The average Bonchev–Trinajstić information content (AvgIpc) is 2.69. The van der Waals surface area contributed by atoms with E-state index in [0.717, 1.165) is 0 Å². The van der Waals surface area contributed by atoms with Gasteiger partial charge in [0.1, 0.15) is 5.54 Å². The molecule has 1 N–H and O–H groups in total. The smallest absolute Gasteiger partial charge is 0.328 e. The first-order valence-electron chi connectivity index (χ1n) is 5.24. The van der Waals surface area contributed by atoms with Gasteiger partial charge in [0.2, 0.25) is 0 Å². The van der Waals surface area contributed by atoms with Gasteiger partial charge in [0.25, 0.3) is 0 Å². The topological polar surface area (TPSA) is 56.8 Å². The first-order valence-corrected chi connectivity index (χ1v) is 5.24. The second-order valence-corrected chi connectivity index (χ2v) is 3.52. The van der Waals surface area contributed by atoms with Crippen molar-refractivity contribution in [3.63, 3.8) is 0 Å². The van der Waals surface area contributed by atoms with Gasteiger partial charge >= 0.3 is 5.97 Å². The van der Waals surface area contributed by atoms with Crippen LogP contribution >= 0.6 is 0 Å². The summed E-state index contributed by atoms with van der Waals surface area (Å²) in [6.07, 6.45) is 0.662. The molecule has 0 aromatic carbocycles. The van der Waals surface area contributed by atoms with Crippen molar-refractivity contribution in [2.24, 2.45) is 0 Å². The third-order valence-electron chi connectivity index (χ3n) is 2.46. The molecule has 0 spiro atoms. The van der Waals surface area contributed by atoms with Gasteiger partial charge in [-0.25, -0.2) is 4.79 Å². The van der Waals surface area contributed by atoms with Crippen LogP contribution in [0.15, 0.2) is 0 Å². The van der Waals surface area contributed by atoms with Crippen LogP contribution in [0.25, 0.3) is 0 Å². The summed E-state index contributed by atoms with van der Waals surface area (Å²) in [6.45, 7) is 4.37. The summed E-state index contributed by atoms with van der Waals surface area (Å²) in [7, 11) is 1.63. The summed E-state index contributed by atoms with van der Waals surface area (Å²) in [5.74, 6) is -0.224. The molecule has 1 rings (SSSR count). The van der Waals surface area contributed by atoms with Crippen molar-refractivity contribution in [3.8, 4) is 0 Å². The molecule has 1 fully saturated rings. The van der Waals surface area contributed by atoms with E-state index < -0.39 is 5.54 Å². The summed E-state index contributed by atoms with van der Waals surface area (Å²) < 4.78 is 15.2. The maximum atomic E-state index is 11.8. The lowest BCUT2D eigenvalue weighted by Crippen LogP contribution is -2.54. The van der Waals surface area contributed by atoms with Crippen molar-refractivity contribution < 1.29 is 19.0 Å². The number of rotatable bonds is 6. The van der Waals surface area contributed by atoms with E-state index in [9.17, 15) is 4.79 Å². The molecule has 1 unspecified atom stereocenters. The van der Waals surface area contributed by atoms with Crippen molar-refractivity contribution in [2.45, 2.75) is 18.9 Å². The molecule has 1 aliphatic rings. The van der Waals surface area contributed by atoms with Gasteiger partial charge < -0.3 is 14.2 Å². The van der Waals surface area contributed by atoms with Crippen molar-refractivity contribution in [3.05, 3.63) is 0 Å². The van der Waals surface area contributed by atoms with Crippen LogP contribution in [-0.2, 0) is 19.0 Å². The lowest BCUT2D eigenvalue weighted by Gasteiger charge is -2.26. The van der Waals surface area contributed by atoms with E-state index >= 15 is 0 Å². The highest BCUT2D eigenvalue weighted by Gasteiger charge is 2.43. The van der Waals surface area contributed by atoms with E-state index in [1.165, 1.54) is 0 Å². The molecule has 88 valence electrons. The fourth-order valence-electron chi connectivity index (χ4n) is 1.60. The van der Waals surface area contributed by atoms with E-state index in [4.69, 9.17) is 14.2 Å². The van der Waals surface area contributed by atoms with Gasteiger partial charge in [0, 0.05) is 26.7 Å². The van der Waals surface area contributed by atoms with E-state index in [0.29, 0.717) is 39.4 Å². The van der Waals surface area contributed by atoms with Crippen molar-refractivity contribution >= 4 is 5.97 Å². The van der Waals surface area contributed by atoms with Crippen LogP contribution in [0, 0.1) is 0 Å². The Labute approximate surface area is 90.1 Å². The normalized spacial score (nSPS) is 25.5. The first kappa shape index (κ1) is 12.4. The molecule has 1 aliphatic heterocycles. The zero-order chi connectivity index (χ0) is 11.1. The molecule has 0 aromatic rings. The maximum absolute atomic E-state index is 11.8. The highest BCUT2D eigenvalue weighted by molar-refractivity contribution is 5.81. The molecule has 1 heterocycles. The molecular weight excluding hydrogens is 198 g/mol. The maximum Gasteiger partial charge on any atom is 0.328 e. The Morgan fingerprint density at radius 3 is 2.93 bits per heavy atom. The lowest BCUT2D eigenvalue weighted by molar-refractivity contribution is -0.151. The SMILES string of the molecule is CCOC(=O)C1(NCCOC)CCOC1. The van der Waals surface area contributed by atoms with Gasteiger partial charge in [-0.15, -0.1) is 0 Å². The number of nitrogens with one attached hydrogen (secondary N) is 1. The molecule has 0 aromatic heterocycles. The third kappa shape index (κ3) is 3.15. The van der Waals surface area contributed by atoms with Gasteiger partial charge in [-0.3, -0.25) is 5.32 Å². The van der Waals surface area contributed by atoms with Crippen LogP contribution in [0.1, 0.15) is 13.3 Å². The van der Waals surface area contributed by atoms with Crippen LogP contribution in [-0.4, -0.2) is 51.6 Å². The van der Waals surface area contributed by atoms with Crippen molar-refractivity contribution in [2.75, 3.05) is 40.1 Å². The summed E-state index contributed by atoms with van der Waals surface area (Å²) >= 11 is 0. The van der Waals surface area contributed by atoms with E-state index in [-0.39, 0.29) is 5.97 Å². The molecule has 0 amide bonds. The Balaban J connectivity index is 2.49. The minimum atomic E-state index is -0.658. The molecule has 0 radical (unpaired) electrons. The predicted octanol–water partition coefficient (Wildman–Crippen LogP) is -0.0554. The number of carbonyl (C=O) groups is 1. The fourth-order valence-corrected chi connectivity index (χ4v) is 1.60. The summed E-state index contributed by atoms with van der Waals surface area (Å²) in [5, 5.41) is 3.16. The number of hydrogen-bond acceptors (Lipinski definition) is 5. The Hall–Kier alpha value is -0.650. The minimum Gasteiger partial charge on any atom is -0.465 e. The average molecular weight is 217 g/mol. The molecule has 0 bridgehead atoms. The Morgan fingerprint density at radius 1 is 1.60 bits per heavy atom. The van der Waals surface area contributed by atoms with Crippen LogP contribution in [0.3, 0.4) is 0 Å². The van der Waals surface area contributed by atoms with E-state index in [2.05, 4.69) is 5.32 Å². The van der Waals surface area contributed by atoms with Crippen LogP contribution in [0.4, 0.5) is 0 Å². The first-order chi connectivity index (χ1) is 7.25. The van der Waals surface area contributed by atoms with E-state index in [1.54, 1.807) is 14.0 Å². The summed E-state index contributed by atoms with van der Waals surface area (Å²) in [5.41, 5.74) is -0.658. The highest BCUT2D eigenvalue weighted by Crippen LogP contribution is 2.20. The Morgan fingerprint density at radius 2 is 2.40 bits per heavy atom. The molecule has 15 heavy (non-hydrogen) atoms. The van der Waals surface area contributed by atoms with Crippen LogP contribution in [0.2, 0.25) is 0 Å². The van der Waals surface area contributed by atoms with Crippen molar-refractivity contribution in [1.29, 1.82) is 0 Å². The monoisotopic (exact) mass is 217 g/mol. The second kappa shape index (κ2) is 6.05. The van der Waals surface area contributed by atoms with Crippen LogP contribution < -0.4 is 5.32 Å². The molecule has 1 atom stereocenters.